The molecule has 0 spiro atoms. The molecule has 1 aromatic carbocycles. The summed E-state index contributed by atoms with van der Waals surface area (Å²) in [7, 11) is 5.81. The predicted octanol–water partition coefficient (Wildman–Crippen LogP) is 1.88. The highest BCUT2D eigenvalue weighted by molar-refractivity contribution is 5.80. The van der Waals surface area contributed by atoms with Crippen molar-refractivity contribution in [3.63, 3.8) is 0 Å². The maximum absolute atomic E-state index is 12.4. The van der Waals surface area contributed by atoms with E-state index in [1.165, 1.54) is 5.56 Å². The van der Waals surface area contributed by atoms with E-state index < -0.39 is 0 Å². The Morgan fingerprint density at radius 2 is 2.05 bits per heavy atom. The number of ether oxygens (including phenoxy) is 1. The van der Waals surface area contributed by atoms with Gasteiger partial charge in [0.2, 0.25) is 5.91 Å². The minimum absolute atomic E-state index is 0.235. The molecule has 4 heteroatoms. The molecule has 0 N–H and O–H groups in total. The highest BCUT2D eigenvalue weighted by Crippen LogP contribution is 2.26. The van der Waals surface area contributed by atoms with Crippen LogP contribution in [-0.4, -0.2) is 56.5 Å². The van der Waals surface area contributed by atoms with Gasteiger partial charge >= 0.3 is 0 Å². The highest BCUT2D eigenvalue weighted by Gasteiger charge is 2.21. The monoisotopic (exact) mass is 290 g/mol. The van der Waals surface area contributed by atoms with Crippen molar-refractivity contribution in [2.45, 2.75) is 26.2 Å². The van der Waals surface area contributed by atoms with Gasteiger partial charge in [-0.1, -0.05) is 6.07 Å². The Hall–Kier alpha value is -1.55. The van der Waals surface area contributed by atoms with E-state index in [2.05, 4.69) is 32.0 Å². The van der Waals surface area contributed by atoms with E-state index in [0.717, 1.165) is 49.4 Å². The smallest absolute Gasteiger partial charge is 0.227 e. The molecule has 1 aliphatic heterocycles. The second-order valence-corrected chi connectivity index (χ2v) is 6.05. The number of aryl methyl sites for hydroxylation is 1. The maximum Gasteiger partial charge on any atom is 0.227 e. The first-order valence-corrected chi connectivity index (χ1v) is 7.60. The number of carbonyl (C=O) groups is 1. The second-order valence-electron chi connectivity index (χ2n) is 6.05. The number of methoxy groups -OCH3 is 1. The fourth-order valence-electron chi connectivity index (χ4n) is 2.88. The lowest BCUT2D eigenvalue weighted by atomic mass is 9.99. The molecule has 0 aliphatic carbocycles. The molecule has 1 aromatic rings. The molecule has 0 fully saturated rings. The van der Waals surface area contributed by atoms with Crippen LogP contribution in [0, 0.1) is 6.92 Å². The third-order valence-corrected chi connectivity index (χ3v) is 4.10. The number of hydrogen-bond acceptors (Lipinski definition) is 3. The average Bonchev–Trinajstić information content (AvgIpc) is 2.57. The van der Waals surface area contributed by atoms with Gasteiger partial charge in [0.15, 0.2) is 0 Å². The van der Waals surface area contributed by atoms with Gasteiger partial charge in [0.25, 0.3) is 0 Å². The Balaban J connectivity index is 2.07. The first kappa shape index (κ1) is 15.8. The van der Waals surface area contributed by atoms with Crippen molar-refractivity contribution in [3.8, 4) is 5.75 Å². The van der Waals surface area contributed by atoms with Crippen molar-refractivity contribution >= 4 is 5.91 Å². The number of carbonyl (C=O) groups excluding carboxylic acids is 1. The van der Waals surface area contributed by atoms with Crippen LogP contribution < -0.4 is 4.74 Å². The van der Waals surface area contributed by atoms with Crippen molar-refractivity contribution < 1.29 is 9.53 Å². The van der Waals surface area contributed by atoms with Gasteiger partial charge in [-0.05, 0) is 63.2 Å². The molecule has 0 atom stereocenters. The summed E-state index contributed by atoms with van der Waals surface area (Å²) in [5.41, 5.74) is 3.55. The van der Waals surface area contributed by atoms with Gasteiger partial charge in [-0.2, -0.15) is 0 Å². The minimum atomic E-state index is 0.235. The molecule has 0 radical (unpaired) electrons. The van der Waals surface area contributed by atoms with Gasteiger partial charge in [-0.15, -0.1) is 0 Å². The van der Waals surface area contributed by atoms with E-state index >= 15 is 0 Å². The SMILES string of the molecule is COc1cc2c(cc1C)CCN(CCCN(C)C)C(=O)C2. The third-order valence-electron chi connectivity index (χ3n) is 4.10. The Kier molecular flexibility index (Phi) is 5.23. The lowest BCUT2D eigenvalue weighted by Crippen LogP contribution is -2.34. The zero-order valence-electron chi connectivity index (χ0n) is 13.6. The summed E-state index contributed by atoms with van der Waals surface area (Å²) in [6, 6.07) is 4.21. The fraction of sp³-hybridized carbons (Fsp3) is 0.588. The summed E-state index contributed by atoms with van der Waals surface area (Å²) in [6.07, 6.45) is 2.46. The average molecular weight is 290 g/mol. The molecule has 1 heterocycles. The number of nitrogens with zero attached hydrogens (tertiary/aromatic N) is 2. The molecular formula is C17H26N2O2. The predicted molar refractivity (Wildman–Crippen MR) is 84.9 cm³/mol. The van der Waals surface area contributed by atoms with Crippen molar-refractivity contribution in [2.24, 2.45) is 0 Å². The molecule has 0 aromatic heterocycles. The lowest BCUT2D eigenvalue weighted by Gasteiger charge is -2.21. The molecule has 0 saturated heterocycles. The minimum Gasteiger partial charge on any atom is -0.496 e. The summed E-state index contributed by atoms with van der Waals surface area (Å²) in [5.74, 6) is 1.11. The molecule has 0 saturated carbocycles. The molecule has 0 bridgehead atoms. The molecular weight excluding hydrogens is 264 g/mol. The van der Waals surface area contributed by atoms with E-state index in [9.17, 15) is 4.79 Å². The van der Waals surface area contributed by atoms with Gasteiger partial charge in [0, 0.05) is 13.1 Å². The van der Waals surface area contributed by atoms with Gasteiger partial charge in [0.05, 0.1) is 13.5 Å². The highest BCUT2D eigenvalue weighted by atomic mass is 16.5. The quantitative estimate of drug-likeness (QED) is 0.830. The number of rotatable bonds is 5. The standard InChI is InChI=1S/C17H26N2O2/c1-13-10-14-6-9-19(8-5-7-18(2)3)17(20)12-15(14)11-16(13)21-4/h10-11H,5-9,12H2,1-4H3. The van der Waals surface area contributed by atoms with Crippen LogP contribution in [0.15, 0.2) is 12.1 Å². The van der Waals surface area contributed by atoms with Crippen LogP contribution >= 0.6 is 0 Å². The molecule has 2 rings (SSSR count). The summed E-state index contributed by atoms with van der Waals surface area (Å²) < 4.78 is 5.37. The van der Waals surface area contributed by atoms with E-state index in [1.807, 2.05) is 11.0 Å². The van der Waals surface area contributed by atoms with Crippen LogP contribution in [-0.2, 0) is 17.6 Å². The summed E-state index contributed by atoms with van der Waals surface area (Å²) in [6.45, 7) is 4.75. The van der Waals surface area contributed by atoms with Crippen LogP contribution in [0.1, 0.15) is 23.1 Å². The van der Waals surface area contributed by atoms with E-state index in [1.54, 1.807) is 7.11 Å². The van der Waals surface area contributed by atoms with Gasteiger partial charge in [-0.3, -0.25) is 4.79 Å². The number of hydrogen-bond donors (Lipinski definition) is 0. The molecule has 1 aliphatic rings. The Bertz CT molecular complexity index is 512. The van der Waals surface area contributed by atoms with Crippen LogP contribution in [0.4, 0.5) is 0 Å². The van der Waals surface area contributed by atoms with Crippen molar-refractivity contribution in [3.05, 3.63) is 28.8 Å². The van der Waals surface area contributed by atoms with E-state index in [0.29, 0.717) is 6.42 Å². The van der Waals surface area contributed by atoms with Crippen LogP contribution in [0.3, 0.4) is 0 Å². The Labute approximate surface area is 127 Å². The fourth-order valence-corrected chi connectivity index (χ4v) is 2.88. The van der Waals surface area contributed by atoms with Gasteiger partial charge in [-0.25, -0.2) is 0 Å². The summed E-state index contributed by atoms with van der Waals surface area (Å²) >= 11 is 0. The van der Waals surface area contributed by atoms with Crippen molar-refractivity contribution in [1.29, 1.82) is 0 Å². The molecule has 4 nitrogen and oxygen atoms in total. The summed E-state index contributed by atoms with van der Waals surface area (Å²) in [5, 5.41) is 0. The third kappa shape index (κ3) is 3.97. The molecule has 1 amide bonds. The van der Waals surface area contributed by atoms with Crippen molar-refractivity contribution in [1.82, 2.24) is 9.80 Å². The van der Waals surface area contributed by atoms with Crippen LogP contribution in [0.5, 0.6) is 5.75 Å². The van der Waals surface area contributed by atoms with Crippen molar-refractivity contribution in [2.75, 3.05) is 40.8 Å². The molecule has 21 heavy (non-hydrogen) atoms. The largest absolute Gasteiger partial charge is 0.496 e. The Morgan fingerprint density at radius 1 is 1.29 bits per heavy atom. The topological polar surface area (TPSA) is 32.8 Å². The number of amides is 1. The number of fused-ring (bicyclic) bond motifs is 1. The zero-order valence-corrected chi connectivity index (χ0v) is 13.6. The van der Waals surface area contributed by atoms with E-state index in [4.69, 9.17) is 4.74 Å². The first-order chi connectivity index (χ1) is 10.0. The van der Waals surface area contributed by atoms with E-state index in [-0.39, 0.29) is 5.91 Å². The number of benzene rings is 1. The summed E-state index contributed by atoms with van der Waals surface area (Å²) in [4.78, 5) is 16.6. The first-order valence-electron chi connectivity index (χ1n) is 7.60. The molecule has 116 valence electrons. The Morgan fingerprint density at radius 3 is 2.71 bits per heavy atom. The van der Waals surface area contributed by atoms with Crippen LogP contribution in [0.2, 0.25) is 0 Å². The van der Waals surface area contributed by atoms with Gasteiger partial charge < -0.3 is 14.5 Å². The second kappa shape index (κ2) is 6.94. The lowest BCUT2D eigenvalue weighted by molar-refractivity contribution is -0.130. The van der Waals surface area contributed by atoms with Crippen LogP contribution in [0.25, 0.3) is 0 Å². The normalized spacial score (nSPS) is 15.1. The maximum atomic E-state index is 12.4. The van der Waals surface area contributed by atoms with Gasteiger partial charge in [0.1, 0.15) is 5.75 Å². The molecule has 0 unspecified atom stereocenters. The zero-order chi connectivity index (χ0) is 15.4.